The molecule has 3 heterocycles. The quantitative estimate of drug-likeness (QED) is 0.723. The second-order valence-electron chi connectivity index (χ2n) is 3.58. The number of hydrogen-bond acceptors (Lipinski definition) is 4. The van der Waals surface area contributed by atoms with Crippen LogP contribution in [0.2, 0.25) is 0 Å². The van der Waals surface area contributed by atoms with Gasteiger partial charge in [-0.1, -0.05) is 6.07 Å². The van der Waals surface area contributed by atoms with Crippen molar-refractivity contribution in [3.05, 3.63) is 42.9 Å². The number of anilines is 1. The molecule has 17 heavy (non-hydrogen) atoms. The molecule has 3 aromatic heterocycles. The van der Waals surface area contributed by atoms with Gasteiger partial charge in [-0.3, -0.25) is 4.40 Å². The molecule has 0 amide bonds. The van der Waals surface area contributed by atoms with Crippen molar-refractivity contribution in [3.63, 3.8) is 0 Å². The van der Waals surface area contributed by atoms with E-state index in [0.29, 0.717) is 5.95 Å². The Bertz CT molecular complexity index is 659. The number of fused-ring (bicyclic) bond motifs is 1. The van der Waals surface area contributed by atoms with Crippen molar-refractivity contribution in [1.82, 2.24) is 19.4 Å². The molecule has 0 unspecified atom stereocenters. The van der Waals surface area contributed by atoms with Crippen molar-refractivity contribution < 1.29 is 0 Å². The lowest BCUT2D eigenvalue weighted by Gasteiger charge is -2.05. The minimum Gasteiger partial charge on any atom is -0.357 e. The zero-order valence-corrected chi connectivity index (χ0v) is 9.33. The number of hydrogen-bond donors (Lipinski definition) is 1. The summed E-state index contributed by atoms with van der Waals surface area (Å²) in [5.41, 5.74) is 2.78. The van der Waals surface area contributed by atoms with Crippen LogP contribution in [0.5, 0.6) is 0 Å². The highest BCUT2D eigenvalue weighted by Crippen LogP contribution is 2.18. The van der Waals surface area contributed by atoms with E-state index in [4.69, 9.17) is 0 Å². The highest BCUT2D eigenvalue weighted by atomic mass is 15.1. The molecular formula is C12H11N5. The number of nitrogens with zero attached hydrogens (tertiary/aromatic N) is 4. The van der Waals surface area contributed by atoms with Crippen LogP contribution in [0.4, 0.5) is 5.95 Å². The van der Waals surface area contributed by atoms with E-state index in [9.17, 15) is 0 Å². The van der Waals surface area contributed by atoms with Gasteiger partial charge in [-0.05, 0) is 18.2 Å². The molecule has 1 N–H and O–H groups in total. The lowest BCUT2D eigenvalue weighted by atomic mass is 10.2. The lowest BCUT2D eigenvalue weighted by Crippen LogP contribution is -1.99. The first-order valence-corrected chi connectivity index (χ1v) is 5.32. The van der Waals surface area contributed by atoms with Gasteiger partial charge in [0.05, 0.1) is 11.4 Å². The molecule has 5 nitrogen and oxygen atoms in total. The average Bonchev–Trinajstić information content (AvgIpc) is 2.87. The Kier molecular flexibility index (Phi) is 2.22. The van der Waals surface area contributed by atoms with Gasteiger partial charge < -0.3 is 5.32 Å². The summed E-state index contributed by atoms with van der Waals surface area (Å²) in [6.45, 7) is 0. The third kappa shape index (κ3) is 1.61. The lowest BCUT2D eigenvalue weighted by molar-refractivity contribution is 1.11. The Balaban J connectivity index is 2.23. The monoisotopic (exact) mass is 225 g/mol. The molecule has 5 heteroatoms. The highest BCUT2D eigenvalue weighted by molar-refractivity contribution is 5.60. The van der Waals surface area contributed by atoms with Crippen LogP contribution in [-0.2, 0) is 0 Å². The van der Waals surface area contributed by atoms with Crippen molar-refractivity contribution in [2.24, 2.45) is 0 Å². The fourth-order valence-corrected chi connectivity index (χ4v) is 1.78. The van der Waals surface area contributed by atoms with Gasteiger partial charge in [0.15, 0.2) is 0 Å². The zero-order valence-electron chi connectivity index (χ0n) is 9.33. The first-order chi connectivity index (χ1) is 8.38. The van der Waals surface area contributed by atoms with E-state index in [0.717, 1.165) is 17.0 Å². The number of aromatic nitrogens is 4. The maximum absolute atomic E-state index is 4.42. The van der Waals surface area contributed by atoms with E-state index in [1.807, 2.05) is 34.9 Å². The van der Waals surface area contributed by atoms with Crippen LogP contribution in [0.25, 0.3) is 17.0 Å². The zero-order chi connectivity index (χ0) is 11.7. The second kappa shape index (κ2) is 3.86. The van der Waals surface area contributed by atoms with Crippen LogP contribution in [0.1, 0.15) is 0 Å². The van der Waals surface area contributed by atoms with Gasteiger partial charge in [-0.25, -0.2) is 15.0 Å². The number of pyridine rings is 1. The number of nitrogens with one attached hydrogen (secondary N) is 1. The summed E-state index contributed by atoms with van der Waals surface area (Å²) in [6.07, 6.45) is 5.44. The van der Waals surface area contributed by atoms with Gasteiger partial charge in [0.2, 0.25) is 5.95 Å². The van der Waals surface area contributed by atoms with Crippen molar-refractivity contribution in [1.29, 1.82) is 0 Å². The molecule has 3 aromatic rings. The first-order valence-electron chi connectivity index (χ1n) is 5.32. The SMILES string of the molecule is CNc1nccc(-c2cccc3nccn23)n1. The Morgan fingerprint density at radius 2 is 2.06 bits per heavy atom. The van der Waals surface area contributed by atoms with Crippen LogP contribution >= 0.6 is 0 Å². The molecule has 0 fully saturated rings. The Morgan fingerprint density at radius 1 is 1.12 bits per heavy atom. The largest absolute Gasteiger partial charge is 0.357 e. The van der Waals surface area contributed by atoms with Gasteiger partial charge >= 0.3 is 0 Å². The standard InChI is InChI=1S/C12H11N5/c1-13-12-15-6-5-9(16-12)10-3-2-4-11-14-7-8-17(10)11/h2-8H,1H3,(H,13,15,16). The molecule has 0 aliphatic heterocycles. The third-order valence-electron chi connectivity index (χ3n) is 2.57. The summed E-state index contributed by atoms with van der Waals surface area (Å²) in [6, 6.07) is 7.83. The number of rotatable bonds is 2. The summed E-state index contributed by atoms with van der Waals surface area (Å²) in [5, 5.41) is 2.93. The molecule has 0 atom stereocenters. The molecule has 0 bridgehead atoms. The Hall–Kier alpha value is -2.43. The van der Waals surface area contributed by atoms with E-state index >= 15 is 0 Å². The van der Waals surface area contributed by atoms with Gasteiger partial charge in [-0.15, -0.1) is 0 Å². The maximum atomic E-state index is 4.42. The molecule has 84 valence electrons. The van der Waals surface area contributed by atoms with Gasteiger partial charge in [0, 0.05) is 25.6 Å². The van der Waals surface area contributed by atoms with Gasteiger partial charge in [0.25, 0.3) is 0 Å². The van der Waals surface area contributed by atoms with Crippen molar-refractivity contribution in [2.75, 3.05) is 12.4 Å². The molecular weight excluding hydrogens is 214 g/mol. The number of imidazole rings is 1. The molecule has 0 radical (unpaired) electrons. The Morgan fingerprint density at radius 3 is 2.94 bits per heavy atom. The molecule has 0 spiro atoms. The van der Waals surface area contributed by atoms with E-state index in [1.54, 1.807) is 19.4 Å². The topological polar surface area (TPSA) is 55.1 Å². The van der Waals surface area contributed by atoms with Crippen molar-refractivity contribution in [3.8, 4) is 11.4 Å². The summed E-state index contributed by atoms with van der Waals surface area (Å²) in [5.74, 6) is 0.611. The maximum Gasteiger partial charge on any atom is 0.222 e. The van der Waals surface area contributed by atoms with Crippen molar-refractivity contribution in [2.45, 2.75) is 0 Å². The molecule has 3 rings (SSSR count). The predicted octanol–water partition coefficient (Wildman–Crippen LogP) is 1.83. The third-order valence-corrected chi connectivity index (χ3v) is 2.57. The summed E-state index contributed by atoms with van der Waals surface area (Å²) in [7, 11) is 1.80. The van der Waals surface area contributed by atoms with E-state index in [2.05, 4.69) is 20.3 Å². The molecule has 0 aliphatic rings. The van der Waals surface area contributed by atoms with Gasteiger partial charge in [0.1, 0.15) is 5.65 Å². The second-order valence-corrected chi connectivity index (χ2v) is 3.58. The van der Waals surface area contributed by atoms with E-state index < -0.39 is 0 Å². The molecule has 0 saturated carbocycles. The van der Waals surface area contributed by atoms with Crippen LogP contribution in [0, 0.1) is 0 Å². The predicted molar refractivity (Wildman–Crippen MR) is 65.8 cm³/mol. The fourth-order valence-electron chi connectivity index (χ4n) is 1.78. The van der Waals surface area contributed by atoms with Crippen LogP contribution in [0.3, 0.4) is 0 Å². The van der Waals surface area contributed by atoms with Crippen LogP contribution < -0.4 is 5.32 Å². The summed E-state index contributed by atoms with van der Waals surface area (Å²) >= 11 is 0. The summed E-state index contributed by atoms with van der Waals surface area (Å²) < 4.78 is 2.00. The van der Waals surface area contributed by atoms with E-state index in [1.165, 1.54) is 0 Å². The fraction of sp³-hybridized carbons (Fsp3) is 0.0833. The minimum atomic E-state index is 0.611. The minimum absolute atomic E-state index is 0.611. The van der Waals surface area contributed by atoms with E-state index in [-0.39, 0.29) is 0 Å². The van der Waals surface area contributed by atoms with Crippen LogP contribution in [-0.4, -0.2) is 26.4 Å². The summed E-state index contributed by atoms with van der Waals surface area (Å²) in [4.78, 5) is 12.8. The Labute approximate surface area is 98.2 Å². The molecule has 0 aliphatic carbocycles. The van der Waals surface area contributed by atoms with Crippen molar-refractivity contribution >= 4 is 11.6 Å². The average molecular weight is 225 g/mol. The first kappa shape index (κ1) is 9.77. The smallest absolute Gasteiger partial charge is 0.222 e. The van der Waals surface area contributed by atoms with Crippen LogP contribution in [0.15, 0.2) is 42.9 Å². The highest BCUT2D eigenvalue weighted by Gasteiger charge is 2.05. The normalized spacial score (nSPS) is 10.6. The molecule has 0 saturated heterocycles. The molecule has 0 aromatic carbocycles. The van der Waals surface area contributed by atoms with Gasteiger partial charge in [-0.2, -0.15) is 0 Å².